The van der Waals surface area contributed by atoms with Crippen LogP contribution >= 0.6 is 0 Å². The van der Waals surface area contributed by atoms with Crippen LogP contribution < -0.4 is 0 Å². The van der Waals surface area contributed by atoms with Gasteiger partial charge in [-0.05, 0) is 55.4 Å². The molecule has 0 radical (unpaired) electrons. The summed E-state index contributed by atoms with van der Waals surface area (Å²) in [5.41, 5.74) is 0. The summed E-state index contributed by atoms with van der Waals surface area (Å²) in [6.07, 6.45) is 0.331. The van der Waals surface area contributed by atoms with Gasteiger partial charge in [-0.25, -0.2) is 0 Å². The topological polar surface area (TPSA) is 92.3 Å². The van der Waals surface area contributed by atoms with Crippen LogP contribution in [0.1, 0.15) is 55.4 Å². The van der Waals surface area contributed by atoms with Gasteiger partial charge in [-0.2, -0.15) is 0 Å². The molecule has 0 saturated carbocycles. The van der Waals surface area contributed by atoms with Gasteiger partial charge in [-0.15, -0.1) is 0 Å². The molecule has 0 amide bonds. The Hall–Kier alpha value is -0.400. The van der Waals surface area contributed by atoms with Crippen molar-refractivity contribution in [2.24, 2.45) is 0 Å². The van der Waals surface area contributed by atoms with E-state index in [1.165, 1.54) is 0 Å². The molecular weight excluding hydrogens is 496 g/mol. The van der Waals surface area contributed by atoms with Gasteiger partial charge in [0.25, 0.3) is 0 Å². The Morgan fingerprint density at radius 1 is 0.289 bits per heavy atom. The minimum Gasteiger partial charge on any atom is -0.376 e. The normalized spacial score (nSPS) is 13.9. The lowest BCUT2D eigenvalue weighted by molar-refractivity contribution is -0.100. The molecule has 0 saturated heterocycles. The molecular formula is C28H58O10. The van der Waals surface area contributed by atoms with Crippen molar-refractivity contribution in [1.82, 2.24) is 0 Å². The van der Waals surface area contributed by atoms with Crippen molar-refractivity contribution in [3.63, 3.8) is 0 Å². The molecule has 0 aliphatic heterocycles. The molecule has 0 heterocycles. The molecule has 0 spiro atoms. The zero-order chi connectivity index (χ0) is 28.4. The van der Waals surface area contributed by atoms with Crippen molar-refractivity contribution in [2.75, 3.05) is 92.5 Å². The fourth-order valence-corrected chi connectivity index (χ4v) is 2.95. The van der Waals surface area contributed by atoms with Crippen LogP contribution in [-0.4, -0.2) is 129 Å². The van der Waals surface area contributed by atoms with Crippen LogP contribution in [0.15, 0.2) is 0 Å². The van der Waals surface area contributed by atoms with E-state index in [9.17, 15) is 0 Å². The van der Waals surface area contributed by atoms with E-state index >= 15 is 0 Å². The van der Waals surface area contributed by atoms with Crippen LogP contribution in [0.5, 0.6) is 0 Å². The van der Waals surface area contributed by atoms with Crippen molar-refractivity contribution in [1.29, 1.82) is 0 Å². The summed E-state index contributed by atoms with van der Waals surface area (Å²) >= 11 is 0. The maximum absolute atomic E-state index is 5.90. The molecule has 0 aliphatic carbocycles. The van der Waals surface area contributed by atoms with E-state index in [1.807, 2.05) is 55.4 Å². The second kappa shape index (κ2) is 26.8. The largest absolute Gasteiger partial charge is 0.376 e. The van der Waals surface area contributed by atoms with Crippen LogP contribution in [0, 0.1) is 0 Å². The van der Waals surface area contributed by atoms with E-state index < -0.39 is 0 Å². The first-order valence-electron chi connectivity index (χ1n) is 14.2. The average Bonchev–Trinajstić information content (AvgIpc) is 2.84. The molecule has 2 atom stereocenters. The van der Waals surface area contributed by atoms with Crippen molar-refractivity contribution in [2.45, 2.75) is 92.0 Å². The predicted octanol–water partition coefficient (Wildman–Crippen LogP) is 3.52. The standard InChI is InChI=1S/C28H58O10/c1-23(2)33-13-11-31-21-27(37-17-15-35-25(5)6)19-29-9-10-30-20-28(38-18-16-36-26(7)8)22-32-12-14-34-24(3)4/h23-28H,9-22H2,1-8H3. The fourth-order valence-electron chi connectivity index (χ4n) is 2.95. The highest BCUT2D eigenvalue weighted by molar-refractivity contribution is 4.58. The third-order valence-corrected chi connectivity index (χ3v) is 4.72. The Bertz CT molecular complexity index is 435. The van der Waals surface area contributed by atoms with Gasteiger partial charge in [-0.3, -0.25) is 0 Å². The van der Waals surface area contributed by atoms with Gasteiger partial charge in [-0.1, -0.05) is 0 Å². The van der Waals surface area contributed by atoms with Crippen molar-refractivity contribution in [3.05, 3.63) is 0 Å². The maximum Gasteiger partial charge on any atom is 0.104 e. The van der Waals surface area contributed by atoms with Crippen LogP contribution in [0.2, 0.25) is 0 Å². The van der Waals surface area contributed by atoms with E-state index in [-0.39, 0.29) is 36.6 Å². The summed E-state index contributed by atoms with van der Waals surface area (Å²) in [5.74, 6) is 0. The lowest BCUT2D eigenvalue weighted by atomic mass is 10.4. The molecule has 0 N–H and O–H groups in total. The SMILES string of the molecule is CC(C)OCCOCC(COCCOCC(COCCOC(C)C)OCCOC(C)C)OCCOC(C)C. The zero-order valence-electron chi connectivity index (χ0n) is 25.4. The van der Waals surface area contributed by atoms with Gasteiger partial charge in [0.05, 0.1) is 117 Å². The fraction of sp³-hybridized carbons (Fsp3) is 1.00. The van der Waals surface area contributed by atoms with Gasteiger partial charge in [0, 0.05) is 0 Å². The van der Waals surface area contributed by atoms with Crippen LogP contribution in [-0.2, 0) is 47.4 Å². The second-order valence-corrected chi connectivity index (χ2v) is 9.96. The summed E-state index contributed by atoms with van der Waals surface area (Å²) in [4.78, 5) is 0. The van der Waals surface area contributed by atoms with Crippen molar-refractivity contribution < 1.29 is 47.4 Å². The molecule has 0 aliphatic rings. The van der Waals surface area contributed by atoms with Gasteiger partial charge < -0.3 is 47.4 Å². The van der Waals surface area contributed by atoms with Gasteiger partial charge >= 0.3 is 0 Å². The molecule has 38 heavy (non-hydrogen) atoms. The molecule has 0 bridgehead atoms. The highest BCUT2D eigenvalue weighted by atomic mass is 16.6. The number of hydrogen-bond donors (Lipinski definition) is 0. The smallest absolute Gasteiger partial charge is 0.104 e. The minimum absolute atomic E-state index is 0.171. The first-order chi connectivity index (χ1) is 18.2. The van der Waals surface area contributed by atoms with Gasteiger partial charge in [0.15, 0.2) is 0 Å². The van der Waals surface area contributed by atoms with E-state index in [1.54, 1.807) is 0 Å². The van der Waals surface area contributed by atoms with E-state index in [4.69, 9.17) is 47.4 Å². The summed E-state index contributed by atoms with van der Waals surface area (Å²) in [5, 5.41) is 0. The Kier molecular flexibility index (Phi) is 26.5. The molecule has 230 valence electrons. The number of hydrogen-bond acceptors (Lipinski definition) is 10. The monoisotopic (exact) mass is 554 g/mol. The Labute approximate surface area is 232 Å². The molecule has 2 unspecified atom stereocenters. The Balaban J connectivity index is 4.26. The molecule has 0 aromatic carbocycles. The average molecular weight is 555 g/mol. The van der Waals surface area contributed by atoms with E-state index in [2.05, 4.69) is 0 Å². The van der Waals surface area contributed by atoms with Crippen LogP contribution in [0.3, 0.4) is 0 Å². The van der Waals surface area contributed by atoms with Crippen LogP contribution in [0.25, 0.3) is 0 Å². The first-order valence-corrected chi connectivity index (χ1v) is 14.2. The lowest BCUT2D eigenvalue weighted by Crippen LogP contribution is -2.30. The maximum atomic E-state index is 5.90. The minimum atomic E-state index is -0.191. The van der Waals surface area contributed by atoms with Crippen molar-refractivity contribution >= 4 is 0 Å². The first kappa shape index (κ1) is 37.6. The number of ether oxygens (including phenoxy) is 10. The predicted molar refractivity (Wildman–Crippen MR) is 147 cm³/mol. The molecule has 10 nitrogen and oxygen atoms in total. The Morgan fingerprint density at radius 3 is 0.763 bits per heavy atom. The molecule has 0 aromatic rings. The third kappa shape index (κ3) is 28.6. The lowest BCUT2D eigenvalue weighted by Gasteiger charge is -2.20. The van der Waals surface area contributed by atoms with Crippen LogP contribution in [0.4, 0.5) is 0 Å². The highest BCUT2D eigenvalue weighted by Gasteiger charge is 2.13. The zero-order valence-corrected chi connectivity index (χ0v) is 25.4. The summed E-state index contributed by atoms with van der Waals surface area (Å²) < 4.78 is 57.0. The van der Waals surface area contributed by atoms with E-state index in [0.717, 1.165) is 0 Å². The van der Waals surface area contributed by atoms with Gasteiger partial charge in [0.2, 0.25) is 0 Å². The van der Waals surface area contributed by atoms with Crippen molar-refractivity contribution in [3.8, 4) is 0 Å². The summed E-state index contributed by atoms with van der Waals surface area (Å²) in [6.45, 7) is 22.7. The third-order valence-electron chi connectivity index (χ3n) is 4.72. The quantitative estimate of drug-likeness (QED) is 0.128. The summed E-state index contributed by atoms with van der Waals surface area (Å²) in [7, 11) is 0. The number of rotatable bonds is 29. The van der Waals surface area contributed by atoms with Gasteiger partial charge in [0.1, 0.15) is 12.2 Å². The summed E-state index contributed by atoms with van der Waals surface area (Å²) in [6, 6.07) is 0. The molecule has 0 rings (SSSR count). The van der Waals surface area contributed by atoms with E-state index in [0.29, 0.717) is 92.5 Å². The molecule has 0 aromatic heterocycles. The molecule has 10 heteroatoms. The highest BCUT2D eigenvalue weighted by Crippen LogP contribution is 2.01. The molecule has 0 fully saturated rings. The second-order valence-electron chi connectivity index (χ2n) is 9.96. The Morgan fingerprint density at radius 2 is 0.500 bits per heavy atom.